The van der Waals surface area contributed by atoms with Crippen molar-refractivity contribution in [2.75, 3.05) is 19.0 Å². The van der Waals surface area contributed by atoms with Crippen molar-refractivity contribution < 1.29 is 9.53 Å². The van der Waals surface area contributed by atoms with E-state index in [0.717, 1.165) is 30.8 Å². The molecule has 5 nitrogen and oxygen atoms in total. The van der Waals surface area contributed by atoms with E-state index in [2.05, 4.69) is 41.3 Å². The van der Waals surface area contributed by atoms with E-state index in [1.807, 2.05) is 12.1 Å². The number of hydrogen-bond donors (Lipinski definition) is 1. The van der Waals surface area contributed by atoms with E-state index in [-0.39, 0.29) is 11.2 Å². The molecule has 0 unspecified atom stereocenters. The fourth-order valence-electron chi connectivity index (χ4n) is 3.03. The molecule has 2 aromatic rings. The Morgan fingerprint density at radius 1 is 1.21 bits per heavy atom. The lowest BCUT2D eigenvalue weighted by atomic mass is 9.76. The second-order valence-electron chi connectivity index (χ2n) is 7.02. The molecule has 0 atom stereocenters. The van der Waals surface area contributed by atoms with Gasteiger partial charge in [-0.3, -0.25) is 4.79 Å². The van der Waals surface area contributed by atoms with E-state index in [4.69, 9.17) is 4.74 Å². The van der Waals surface area contributed by atoms with Crippen molar-refractivity contribution in [3.63, 3.8) is 0 Å². The Bertz CT molecular complexity index is 739. The zero-order valence-electron chi connectivity index (χ0n) is 14.4. The molecule has 126 valence electrons. The van der Waals surface area contributed by atoms with Gasteiger partial charge in [-0.05, 0) is 36.0 Å². The van der Waals surface area contributed by atoms with Crippen LogP contribution in [0.1, 0.15) is 41.9 Å². The van der Waals surface area contributed by atoms with Crippen LogP contribution in [0.2, 0.25) is 0 Å². The topological polar surface area (TPSA) is 64.1 Å². The average molecular weight is 325 g/mol. The SMILES string of the molecule is COc1ccc(CCNc2ncc3c(n2)CC(C)(C)CC3=O)cc1. The third-order valence-electron chi connectivity index (χ3n) is 4.31. The first kappa shape index (κ1) is 16.4. The number of carbonyl (C=O) groups is 1. The van der Waals surface area contributed by atoms with Crippen LogP contribution in [0, 0.1) is 5.41 Å². The van der Waals surface area contributed by atoms with E-state index in [1.54, 1.807) is 13.3 Å². The molecule has 0 bridgehead atoms. The zero-order valence-corrected chi connectivity index (χ0v) is 14.4. The number of methoxy groups -OCH3 is 1. The Morgan fingerprint density at radius 3 is 2.67 bits per heavy atom. The number of benzene rings is 1. The van der Waals surface area contributed by atoms with Gasteiger partial charge in [0.05, 0.1) is 18.4 Å². The van der Waals surface area contributed by atoms with Crippen molar-refractivity contribution in [1.29, 1.82) is 0 Å². The summed E-state index contributed by atoms with van der Waals surface area (Å²) >= 11 is 0. The molecule has 0 radical (unpaired) electrons. The number of aromatic nitrogens is 2. The Kier molecular flexibility index (Phi) is 4.51. The number of ketones is 1. The quantitative estimate of drug-likeness (QED) is 0.914. The summed E-state index contributed by atoms with van der Waals surface area (Å²) in [5, 5.41) is 3.25. The molecule has 0 fully saturated rings. The minimum absolute atomic E-state index is 0.0290. The molecule has 1 aliphatic rings. The molecule has 3 rings (SSSR count). The van der Waals surface area contributed by atoms with Gasteiger partial charge in [0, 0.05) is 19.2 Å². The first-order valence-electron chi connectivity index (χ1n) is 8.23. The third-order valence-corrected chi connectivity index (χ3v) is 4.31. The third kappa shape index (κ3) is 3.72. The predicted octanol–water partition coefficient (Wildman–Crippen LogP) is 3.29. The molecular formula is C19H23N3O2. The first-order valence-corrected chi connectivity index (χ1v) is 8.23. The summed E-state index contributed by atoms with van der Waals surface area (Å²) in [4.78, 5) is 21.0. The number of hydrogen-bond acceptors (Lipinski definition) is 5. The molecule has 1 N–H and O–H groups in total. The van der Waals surface area contributed by atoms with Crippen molar-refractivity contribution in [2.24, 2.45) is 5.41 Å². The van der Waals surface area contributed by atoms with E-state index >= 15 is 0 Å². The van der Waals surface area contributed by atoms with Gasteiger partial charge in [0.15, 0.2) is 5.78 Å². The lowest BCUT2D eigenvalue weighted by molar-refractivity contribution is 0.0910. The molecule has 0 aliphatic heterocycles. The Balaban J connectivity index is 1.63. The standard InChI is InChI=1S/C19H23N3O2/c1-19(2)10-16-15(17(23)11-19)12-21-18(22-16)20-9-8-13-4-6-14(24-3)7-5-13/h4-7,12H,8-11H2,1-3H3,(H,20,21,22). The number of nitrogens with one attached hydrogen (secondary N) is 1. The number of carbonyl (C=O) groups excluding carboxylic acids is 1. The maximum atomic E-state index is 12.2. The number of nitrogens with zero attached hydrogens (tertiary/aromatic N) is 2. The monoisotopic (exact) mass is 325 g/mol. The summed E-state index contributed by atoms with van der Waals surface area (Å²) in [7, 11) is 1.66. The Labute approximate surface area is 142 Å². The summed E-state index contributed by atoms with van der Waals surface area (Å²) in [6.07, 6.45) is 3.90. The van der Waals surface area contributed by atoms with Gasteiger partial charge in [0.1, 0.15) is 5.75 Å². The molecule has 0 saturated heterocycles. The minimum atomic E-state index is -0.0290. The van der Waals surface area contributed by atoms with E-state index in [0.29, 0.717) is 17.9 Å². The van der Waals surface area contributed by atoms with Crippen LogP contribution in [-0.4, -0.2) is 29.4 Å². The molecule has 1 aromatic heterocycles. The van der Waals surface area contributed by atoms with Crippen molar-refractivity contribution in [3.8, 4) is 5.75 Å². The second-order valence-corrected chi connectivity index (χ2v) is 7.02. The van der Waals surface area contributed by atoms with Gasteiger partial charge in [-0.25, -0.2) is 9.97 Å². The molecule has 0 spiro atoms. The number of fused-ring (bicyclic) bond motifs is 1. The first-order chi connectivity index (χ1) is 11.5. The van der Waals surface area contributed by atoms with Crippen LogP contribution in [0.4, 0.5) is 5.95 Å². The molecule has 1 aliphatic carbocycles. The van der Waals surface area contributed by atoms with Crippen LogP contribution < -0.4 is 10.1 Å². The van der Waals surface area contributed by atoms with Gasteiger partial charge in [-0.15, -0.1) is 0 Å². The highest BCUT2D eigenvalue weighted by molar-refractivity contribution is 5.98. The fraction of sp³-hybridized carbons (Fsp3) is 0.421. The minimum Gasteiger partial charge on any atom is -0.497 e. The van der Waals surface area contributed by atoms with Gasteiger partial charge in [-0.1, -0.05) is 26.0 Å². The summed E-state index contributed by atoms with van der Waals surface area (Å²) in [6.45, 7) is 4.95. The van der Waals surface area contributed by atoms with Crippen LogP contribution in [0.5, 0.6) is 5.75 Å². The van der Waals surface area contributed by atoms with Gasteiger partial charge in [0.2, 0.25) is 5.95 Å². The van der Waals surface area contributed by atoms with Crippen LogP contribution in [0.3, 0.4) is 0 Å². The van der Waals surface area contributed by atoms with Crippen LogP contribution in [0.25, 0.3) is 0 Å². The van der Waals surface area contributed by atoms with E-state index < -0.39 is 0 Å². The van der Waals surface area contributed by atoms with Crippen molar-refractivity contribution in [2.45, 2.75) is 33.1 Å². The lowest BCUT2D eigenvalue weighted by Gasteiger charge is -2.29. The molecule has 0 saturated carbocycles. The van der Waals surface area contributed by atoms with Gasteiger partial charge in [0.25, 0.3) is 0 Å². The predicted molar refractivity (Wildman–Crippen MR) is 93.7 cm³/mol. The Morgan fingerprint density at radius 2 is 1.96 bits per heavy atom. The summed E-state index contributed by atoms with van der Waals surface area (Å²) in [5.41, 5.74) is 2.73. The Hall–Kier alpha value is -2.43. The molecule has 1 aromatic carbocycles. The van der Waals surface area contributed by atoms with Crippen molar-refractivity contribution in [1.82, 2.24) is 9.97 Å². The maximum absolute atomic E-state index is 12.2. The average Bonchev–Trinajstić information content (AvgIpc) is 2.54. The maximum Gasteiger partial charge on any atom is 0.222 e. The van der Waals surface area contributed by atoms with Crippen molar-refractivity contribution >= 4 is 11.7 Å². The molecule has 0 amide bonds. The number of anilines is 1. The highest BCUT2D eigenvalue weighted by atomic mass is 16.5. The van der Waals surface area contributed by atoms with Crippen LogP contribution in [-0.2, 0) is 12.8 Å². The van der Waals surface area contributed by atoms with E-state index in [9.17, 15) is 4.79 Å². The fourth-order valence-corrected chi connectivity index (χ4v) is 3.03. The molecule has 5 heteroatoms. The number of Topliss-reactive ketones (excluding diaryl/α,β-unsaturated/α-hetero) is 1. The summed E-state index contributed by atoms with van der Waals surface area (Å²) in [6, 6.07) is 8.02. The second kappa shape index (κ2) is 6.59. The molecule has 24 heavy (non-hydrogen) atoms. The lowest BCUT2D eigenvalue weighted by Crippen LogP contribution is -2.28. The molecule has 1 heterocycles. The highest BCUT2D eigenvalue weighted by Crippen LogP contribution is 2.33. The zero-order chi connectivity index (χ0) is 17.2. The van der Waals surface area contributed by atoms with E-state index in [1.165, 1.54) is 5.56 Å². The normalized spacial score (nSPS) is 15.7. The van der Waals surface area contributed by atoms with Crippen LogP contribution in [0.15, 0.2) is 30.5 Å². The number of ether oxygens (including phenoxy) is 1. The largest absolute Gasteiger partial charge is 0.497 e. The smallest absolute Gasteiger partial charge is 0.222 e. The van der Waals surface area contributed by atoms with Gasteiger partial charge < -0.3 is 10.1 Å². The van der Waals surface area contributed by atoms with Gasteiger partial charge in [-0.2, -0.15) is 0 Å². The van der Waals surface area contributed by atoms with Crippen LogP contribution >= 0.6 is 0 Å². The number of rotatable bonds is 5. The highest BCUT2D eigenvalue weighted by Gasteiger charge is 2.32. The summed E-state index contributed by atoms with van der Waals surface area (Å²) in [5.74, 6) is 1.59. The summed E-state index contributed by atoms with van der Waals surface area (Å²) < 4.78 is 5.16. The molecular weight excluding hydrogens is 302 g/mol. The van der Waals surface area contributed by atoms with Gasteiger partial charge >= 0.3 is 0 Å². The van der Waals surface area contributed by atoms with Crippen molar-refractivity contribution in [3.05, 3.63) is 47.3 Å².